The Morgan fingerprint density at radius 2 is 2.12 bits per heavy atom. The number of hydrogen-bond acceptors (Lipinski definition) is 6. The topological polar surface area (TPSA) is 72.1 Å². The SMILES string of the molecule is O=C(CSc1nnc(-c2cccnc2)o1)N1CCC[C@@H]2CCCC[C@@H]21. The van der Waals surface area contributed by atoms with Crippen molar-refractivity contribution in [1.29, 1.82) is 0 Å². The zero-order valence-corrected chi connectivity index (χ0v) is 15.0. The minimum absolute atomic E-state index is 0.197. The molecular weight excluding hydrogens is 336 g/mol. The second kappa shape index (κ2) is 7.56. The summed E-state index contributed by atoms with van der Waals surface area (Å²) in [6.07, 6.45) is 10.8. The molecule has 1 amide bonds. The maximum absolute atomic E-state index is 12.7. The second-order valence-electron chi connectivity index (χ2n) is 6.74. The standard InChI is InChI=1S/C18H22N4O2S/c23-16(22-10-4-7-13-5-1-2-8-15(13)22)12-25-18-21-20-17(24-18)14-6-3-9-19-11-14/h3,6,9,11,13,15H,1-2,4-5,7-8,10,12H2/t13-,15-/m0/s1. The van der Waals surface area contributed by atoms with Gasteiger partial charge in [-0.25, -0.2) is 0 Å². The van der Waals surface area contributed by atoms with Crippen LogP contribution in [0.2, 0.25) is 0 Å². The third-order valence-corrected chi connectivity index (χ3v) is 6.00. The summed E-state index contributed by atoms with van der Waals surface area (Å²) in [6.45, 7) is 0.894. The number of rotatable bonds is 4. The normalized spacial score (nSPS) is 23.3. The molecule has 2 atom stereocenters. The van der Waals surface area contributed by atoms with Crippen molar-refractivity contribution in [2.24, 2.45) is 5.92 Å². The highest BCUT2D eigenvalue weighted by molar-refractivity contribution is 7.99. The van der Waals surface area contributed by atoms with Crippen LogP contribution in [-0.2, 0) is 4.79 Å². The van der Waals surface area contributed by atoms with E-state index in [9.17, 15) is 4.79 Å². The molecule has 132 valence electrons. The average molecular weight is 358 g/mol. The van der Waals surface area contributed by atoms with Crippen LogP contribution in [0.25, 0.3) is 11.5 Å². The number of pyridine rings is 1. The molecule has 4 rings (SSSR count). The summed E-state index contributed by atoms with van der Waals surface area (Å²) < 4.78 is 5.64. The van der Waals surface area contributed by atoms with E-state index in [0.717, 1.165) is 24.9 Å². The van der Waals surface area contributed by atoms with Crippen LogP contribution >= 0.6 is 11.8 Å². The van der Waals surface area contributed by atoms with Crippen molar-refractivity contribution in [3.8, 4) is 11.5 Å². The average Bonchev–Trinajstić information content (AvgIpc) is 3.15. The summed E-state index contributed by atoms with van der Waals surface area (Å²) in [5, 5.41) is 8.51. The van der Waals surface area contributed by atoms with Gasteiger partial charge in [0.15, 0.2) is 0 Å². The molecule has 6 nitrogen and oxygen atoms in total. The number of carbonyl (C=O) groups excluding carboxylic acids is 1. The number of fused-ring (bicyclic) bond motifs is 1. The summed E-state index contributed by atoms with van der Waals surface area (Å²) in [7, 11) is 0. The van der Waals surface area contributed by atoms with Gasteiger partial charge >= 0.3 is 0 Å². The van der Waals surface area contributed by atoms with Crippen LogP contribution in [0.1, 0.15) is 38.5 Å². The number of carbonyl (C=O) groups is 1. The van der Waals surface area contributed by atoms with E-state index in [1.807, 2.05) is 12.1 Å². The Balaban J connectivity index is 1.36. The molecule has 0 spiro atoms. The first-order valence-corrected chi connectivity index (χ1v) is 9.96. The number of aromatic nitrogens is 3. The van der Waals surface area contributed by atoms with Gasteiger partial charge in [0.1, 0.15) is 0 Å². The lowest BCUT2D eigenvalue weighted by Gasteiger charge is -2.44. The van der Waals surface area contributed by atoms with E-state index in [-0.39, 0.29) is 5.91 Å². The smallest absolute Gasteiger partial charge is 0.277 e. The van der Waals surface area contributed by atoms with Gasteiger partial charge in [0.25, 0.3) is 5.22 Å². The highest BCUT2D eigenvalue weighted by Gasteiger charge is 2.35. The van der Waals surface area contributed by atoms with Crippen LogP contribution in [0.3, 0.4) is 0 Å². The van der Waals surface area contributed by atoms with Crippen molar-refractivity contribution in [3.05, 3.63) is 24.5 Å². The Hall–Kier alpha value is -1.89. The number of nitrogens with zero attached hydrogens (tertiary/aromatic N) is 4. The minimum Gasteiger partial charge on any atom is -0.411 e. The van der Waals surface area contributed by atoms with Crippen LogP contribution in [0, 0.1) is 5.92 Å². The summed E-state index contributed by atoms with van der Waals surface area (Å²) in [5.41, 5.74) is 0.786. The first kappa shape index (κ1) is 16.6. The van der Waals surface area contributed by atoms with Crippen molar-refractivity contribution in [2.45, 2.75) is 49.8 Å². The van der Waals surface area contributed by atoms with Gasteiger partial charge < -0.3 is 9.32 Å². The molecule has 2 aliphatic rings. The zero-order valence-electron chi connectivity index (χ0n) is 14.1. The highest BCUT2D eigenvalue weighted by Crippen LogP contribution is 2.35. The van der Waals surface area contributed by atoms with E-state index < -0.39 is 0 Å². The molecule has 2 aromatic heterocycles. The first-order valence-electron chi connectivity index (χ1n) is 8.97. The minimum atomic E-state index is 0.197. The highest BCUT2D eigenvalue weighted by atomic mass is 32.2. The van der Waals surface area contributed by atoms with E-state index in [0.29, 0.717) is 28.8 Å². The van der Waals surface area contributed by atoms with Gasteiger partial charge in [0.05, 0.1) is 11.3 Å². The van der Waals surface area contributed by atoms with E-state index >= 15 is 0 Å². The fourth-order valence-corrected chi connectivity index (χ4v) is 4.66. The van der Waals surface area contributed by atoms with Crippen LogP contribution in [0.4, 0.5) is 0 Å². The zero-order chi connectivity index (χ0) is 17.1. The van der Waals surface area contributed by atoms with Crippen molar-refractivity contribution in [1.82, 2.24) is 20.1 Å². The monoisotopic (exact) mass is 358 g/mol. The number of amides is 1. The quantitative estimate of drug-likeness (QED) is 0.780. The predicted octanol–water partition coefficient (Wildman–Crippen LogP) is 3.40. The fourth-order valence-electron chi connectivity index (χ4n) is 4.01. The number of likely N-dealkylation sites (tertiary alicyclic amines) is 1. The predicted molar refractivity (Wildman–Crippen MR) is 94.9 cm³/mol. The van der Waals surface area contributed by atoms with Crippen molar-refractivity contribution < 1.29 is 9.21 Å². The fraction of sp³-hybridized carbons (Fsp3) is 0.556. The lowest BCUT2D eigenvalue weighted by Crippen LogP contribution is -2.50. The van der Waals surface area contributed by atoms with Crippen LogP contribution in [-0.4, -0.2) is 44.3 Å². The molecule has 7 heteroatoms. The molecule has 1 aliphatic carbocycles. The number of thioether (sulfide) groups is 1. The Morgan fingerprint density at radius 1 is 1.24 bits per heavy atom. The summed E-state index contributed by atoms with van der Waals surface area (Å²) in [5.74, 6) is 1.70. The summed E-state index contributed by atoms with van der Waals surface area (Å²) in [6, 6.07) is 4.15. The van der Waals surface area contributed by atoms with Gasteiger partial charge in [-0.2, -0.15) is 0 Å². The molecule has 1 saturated carbocycles. The van der Waals surface area contributed by atoms with Gasteiger partial charge in [0.2, 0.25) is 11.8 Å². The Kier molecular flexibility index (Phi) is 5.01. The molecule has 3 heterocycles. The third kappa shape index (κ3) is 3.71. The van der Waals surface area contributed by atoms with Crippen LogP contribution < -0.4 is 0 Å². The first-order chi connectivity index (χ1) is 12.3. The lowest BCUT2D eigenvalue weighted by atomic mass is 9.78. The van der Waals surface area contributed by atoms with Gasteiger partial charge in [0, 0.05) is 25.0 Å². The lowest BCUT2D eigenvalue weighted by molar-refractivity contribution is -0.134. The molecule has 25 heavy (non-hydrogen) atoms. The summed E-state index contributed by atoms with van der Waals surface area (Å²) >= 11 is 1.33. The van der Waals surface area contributed by atoms with E-state index in [1.54, 1.807) is 12.4 Å². The third-order valence-electron chi connectivity index (χ3n) is 5.20. The molecule has 2 aromatic rings. The van der Waals surface area contributed by atoms with Gasteiger partial charge in [-0.05, 0) is 43.7 Å². The molecule has 0 radical (unpaired) electrons. The number of hydrogen-bond donors (Lipinski definition) is 0. The molecule has 2 fully saturated rings. The number of piperidine rings is 1. The van der Waals surface area contributed by atoms with E-state index in [1.165, 1.54) is 37.4 Å². The van der Waals surface area contributed by atoms with Crippen molar-refractivity contribution >= 4 is 17.7 Å². The molecule has 1 aliphatic heterocycles. The molecule has 0 bridgehead atoms. The van der Waals surface area contributed by atoms with Gasteiger partial charge in [-0.3, -0.25) is 9.78 Å². The molecule has 1 saturated heterocycles. The van der Waals surface area contributed by atoms with Crippen molar-refractivity contribution in [3.63, 3.8) is 0 Å². The van der Waals surface area contributed by atoms with Gasteiger partial charge in [-0.15, -0.1) is 10.2 Å². The Labute approximate surface area is 151 Å². The van der Waals surface area contributed by atoms with Gasteiger partial charge in [-0.1, -0.05) is 24.6 Å². The second-order valence-corrected chi connectivity index (χ2v) is 7.67. The summed E-state index contributed by atoms with van der Waals surface area (Å²) in [4.78, 5) is 18.9. The Morgan fingerprint density at radius 3 is 3.00 bits per heavy atom. The van der Waals surface area contributed by atoms with Crippen LogP contribution in [0.5, 0.6) is 0 Å². The molecule has 0 aromatic carbocycles. The van der Waals surface area contributed by atoms with Crippen LogP contribution in [0.15, 0.2) is 34.2 Å². The van der Waals surface area contributed by atoms with Crippen molar-refractivity contribution in [2.75, 3.05) is 12.3 Å². The molecule has 0 N–H and O–H groups in total. The molecule has 0 unspecified atom stereocenters. The largest absolute Gasteiger partial charge is 0.411 e. The maximum atomic E-state index is 12.7. The maximum Gasteiger partial charge on any atom is 0.277 e. The van der Waals surface area contributed by atoms with E-state index in [4.69, 9.17) is 4.42 Å². The van der Waals surface area contributed by atoms with E-state index in [2.05, 4.69) is 20.1 Å². The Bertz CT molecular complexity index is 719. The molecular formula is C18H22N4O2S.